The molecule has 13 heteroatoms. The first-order chi connectivity index (χ1) is 14.1. The van der Waals surface area contributed by atoms with E-state index >= 15 is 0 Å². The summed E-state index contributed by atoms with van der Waals surface area (Å²) < 4.78 is 45.0. The summed E-state index contributed by atoms with van der Waals surface area (Å²) in [5, 5.41) is 12.6. The third-order valence-corrected chi connectivity index (χ3v) is 5.33. The number of primary sulfonamides is 1. The van der Waals surface area contributed by atoms with Crippen molar-refractivity contribution in [1.29, 1.82) is 0 Å². The lowest BCUT2D eigenvalue weighted by Crippen LogP contribution is -2.32. The summed E-state index contributed by atoms with van der Waals surface area (Å²) in [5.74, 6) is -1.54. The van der Waals surface area contributed by atoms with E-state index < -0.39 is 31.9 Å². The minimum atomic E-state index is -3.55. The number of nitrogens with one attached hydrogen (secondary N) is 1. The van der Waals surface area contributed by atoms with E-state index in [4.69, 9.17) is 5.11 Å². The topological polar surface area (TPSA) is 195 Å². The zero-order valence-electron chi connectivity index (χ0n) is 18.7. The van der Waals surface area contributed by atoms with Crippen LogP contribution in [-0.4, -0.2) is 56.9 Å². The first-order valence-corrected chi connectivity index (χ1v) is 13.2. The van der Waals surface area contributed by atoms with E-state index in [1.807, 2.05) is 11.6 Å². The van der Waals surface area contributed by atoms with Crippen LogP contribution in [0.25, 0.3) is 0 Å². The average molecular weight is 505 g/mol. The molecule has 0 aromatic heterocycles. The van der Waals surface area contributed by atoms with Gasteiger partial charge in [0.1, 0.15) is 11.6 Å². The van der Waals surface area contributed by atoms with E-state index in [0.717, 1.165) is 6.42 Å². The molecule has 0 rings (SSSR count). The van der Waals surface area contributed by atoms with Gasteiger partial charge in [0.05, 0.1) is 11.5 Å². The highest BCUT2D eigenvalue weighted by molar-refractivity contribution is 7.90. The van der Waals surface area contributed by atoms with Gasteiger partial charge in [0, 0.05) is 25.7 Å². The zero-order valence-corrected chi connectivity index (χ0v) is 20.3. The van der Waals surface area contributed by atoms with Crippen LogP contribution >= 0.6 is 0 Å². The normalized spacial score (nSPS) is 10.3. The Hall–Kier alpha value is -1.86. The third-order valence-electron chi connectivity index (χ3n) is 3.11. The second-order valence-corrected chi connectivity index (χ2v) is 10.3. The number of ketones is 2. The number of carboxylic acid groups (broad SMARTS) is 1. The standard InChI is InChI=1S/C9H17NO4S.C5H11NO3S.C4H8O2.CH4/c1-3-5-9(12)10-15(13,14)7-4-6-8(2)11;1-5(7)3-2-4-10(6,8)9;1-2-3-4(5)6;/h3-7H2,1-2H3,(H,10,12);2-4H2,1H3,(H2,6,8,9);2-3H2,1H3,(H,5,6);1H4. The maximum Gasteiger partial charge on any atom is 0.303 e. The van der Waals surface area contributed by atoms with Crippen molar-refractivity contribution in [3.63, 3.8) is 0 Å². The highest BCUT2D eigenvalue weighted by Crippen LogP contribution is 1.97. The Kier molecular flexibility index (Phi) is 24.6. The van der Waals surface area contributed by atoms with Gasteiger partial charge in [0.25, 0.3) is 0 Å². The fourth-order valence-electron chi connectivity index (χ4n) is 1.75. The fourth-order valence-corrected chi connectivity index (χ4v) is 3.37. The van der Waals surface area contributed by atoms with Gasteiger partial charge in [0.2, 0.25) is 26.0 Å². The molecule has 0 aromatic carbocycles. The molecule has 0 saturated heterocycles. The maximum atomic E-state index is 11.3. The van der Waals surface area contributed by atoms with Crippen LogP contribution in [0.15, 0.2) is 0 Å². The lowest BCUT2D eigenvalue weighted by Gasteiger charge is -2.05. The van der Waals surface area contributed by atoms with Gasteiger partial charge in [-0.05, 0) is 39.5 Å². The number of amides is 1. The summed E-state index contributed by atoms with van der Waals surface area (Å²) >= 11 is 0. The number of aliphatic carboxylic acids is 1. The van der Waals surface area contributed by atoms with Gasteiger partial charge in [0.15, 0.2) is 0 Å². The van der Waals surface area contributed by atoms with Crippen molar-refractivity contribution in [3.05, 3.63) is 0 Å². The summed E-state index contributed by atoms with van der Waals surface area (Å²) in [7, 11) is -6.92. The first kappa shape index (κ1) is 37.5. The van der Waals surface area contributed by atoms with Crippen LogP contribution in [-0.2, 0) is 39.2 Å². The van der Waals surface area contributed by atoms with Gasteiger partial charge in [-0.15, -0.1) is 0 Å². The number of sulfonamides is 2. The number of rotatable bonds is 13. The molecular weight excluding hydrogens is 464 g/mol. The number of carbonyl (C=O) groups is 4. The zero-order chi connectivity index (χ0) is 25.1. The van der Waals surface area contributed by atoms with Crippen LogP contribution in [0.1, 0.15) is 86.5 Å². The second kappa shape index (κ2) is 21.0. The number of nitrogens with two attached hydrogens (primary N) is 1. The molecule has 192 valence electrons. The number of carbonyl (C=O) groups excluding carboxylic acids is 3. The van der Waals surface area contributed by atoms with Crippen molar-refractivity contribution in [1.82, 2.24) is 4.72 Å². The Labute approximate surface area is 192 Å². The second-order valence-electron chi connectivity index (χ2n) is 6.72. The van der Waals surface area contributed by atoms with Crippen molar-refractivity contribution >= 4 is 43.5 Å². The van der Waals surface area contributed by atoms with Crippen molar-refractivity contribution in [3.8, 4) is 0 Å². The molecule has 4 N–H and O–H groups in total. The van der Waals surface area contributed by atoms with Gasteiger partial charge in [-0.3, -0.25) is 14.3 Å². The van der Waals surface area contributed by atoms with Crippen LogP contribution in [0.5, 0.6) is 0 Å². The predicted octanol–water partition coefficient (Wildman–Crippen LogP) is 1.75. The molecule has 0 spiro atoms. The molecule has 0 aliphatic carbocycles. The van der Waals surface area contributed by atoms with Crippen molar-refractivity contribution < 1.29 is 41.1 Å². The molecule has 0 bridgehead atoms. The first-order valence-electron chi connectivity index (χ1n) is 9.80. The highest BCUT2D eigenvalue weighted by atomic mass is 32.2. The SMILES string of the molecule is C.CC(=O)CCCS(N)(=O)=O.CCCC(=O)NS(=O)(=O)CCCC(C)=O.CCCC(=O)O. The Morgan fingerprint density at radius 2 is 1.19 bits per heavy atom. The predicted molar refractivity (Wildman–Crippen MR) is 124 cm³/mol. The summed E-state index contributed by atoms with van der Waals surface area (Å²) in [6.45, 7) is 6.46. The van der Waals surface area contributed by atoms with Crippen molar-refractivity contribution in [2.24, 2.45) is 5.14 Å². The Balaban J connectivity index is -0.000000199. The van der Waals surface area contributed by atoms with Gasteiger partial charge < -0.3 is 14.7 Å². The summed E-state index contributed by atoms with van der Waals surface area (Å²) in [6.07, 6.45) is 2.92. The fraction of sp³-hybridized carbons (Fsp3) is 0.789. The number of hydrogen-bond donors (Lipinski definition) is 3. The van der Waals surface area contributed by atoms with E-state index in [0.29, 0.717) is 19.3 Å². The van der Waals surface area contributed by atoms with E-state index in [9.17, 15) is 36.0 Å². The number of carboxylic acids is 1. The quantitative estimate of drug-likeness (QED) is 0.335. The maximum absolute atomic E-state index is 11.3. The molecule has 0 atom stereocenters. The van der Waals surface area contributed by atoms with E-state index in [1.54, 1.807) is 6.92 Å². The number of Topliss-reactive ketones (excluding diaryl/α,β-unsaturated/α-hetero) is 2. The number of hydrogen-bond acceptors (Lipinski definition) is 8. The molecule has 0 radical (unpaired) electrons. The van der Waals surface area contributed by atoms with Crippen LogP contribution in [0.2, 0.25) is 0 Å². The highest BCUT2D eigenvalue weighted by Gasteiger charge is 2.13. The molecule has 32 heavy (non-hydrogen) atoms. The van der Waals surface area contributed by atoms with E-state index in [1.165, 1.54) is 13.8 Å². The lowest BCUT2D eigenvalue weighted by atomic mass is 10.3. The Morgan fingerprint density at radius 1 is 0.781 bits per heavy atom. The van der Waals surface area contributed by atoms with Gasteiger partial charge in [-0.25, -0.2) is 22.0 Å². The molecule has 1 amide bonds. The molecule has 11 nitrogen and oxygen atoms in total. The van der Waals surface area contributed by atoms with Gasteiger partial charge >= 0.3 is 5.97 Å². The molecule has 0 saturated carbocycles. The van der Waals surface area contributed by atoms with E-state index in [2.05, 4.69) is 5.14 Å². The Morgan fingerprint density at radius 3 is 1.47 bits per heavy atom. The summed E-state index contributed by atoms with van der Waals surface area (Å²) in [6, 6.07) is 0. The third kappa shape index (κ3) is 38.7. The monoisotopic (exact) mass is 504 g/mol. The van der Waals surface area contributed by atoms with Crippen molar-refractivity contribution in [2.45, 2.75) is 86.5 Å². The van der Waals surface area contributed by atoms with Gasteiger partial charge in [-0.1, -0.05) is 21.3 Å². The summed E-state index contributed by atoms with van der Waals surface area (Å²) in [5.41, 5.74) is 0. The average Bonchev–Trinajstić information content (AvgIpc) is 2.53. The van der Waals surface area contributed by atoms with Crippen LogP contribution in [0.3, 0.4) is 0 Å². The molecular formula is C19H40N2O9S2. The van der Waals surface area contributed by atoms with Crippen LogP contribution in [0, 0.1) is 0 Å². The molecule has 0 unspecified atom stereocenters. The smallest absolute Gasteiger partial charge is 0.303 e. The van der Waals surface area contributed by atoms with Crippen LogP contribution < -0.4 is 9.86 Å². The molecule has 0 aromatic rings. The Bertz CT molecular complexity index is 762. The van der Waals surface area contributed by atoms with Gasteiger partial charge in [-0.2, -0.15) is 0 Å². The molecule has 0 aliphatic heterocycles. The minimum absolute atomic E-state index is 0. The van der Waals surface area contributed by atoms with Crippen molar-refractivity contribution in [2.75, 3.05) is 11.5 Å². The van der Waals surface area contributed by atoms with Crippen LogP contribution in [0.4, 0.5) is 0 Å². The largest absolute Gasteiger partial charge is 0.481 e. The lowest BCUT2D eigenvalue weighted by molar-refractivity contribution is -0.137. The molecule has 0 aliphatic rings. The molecule has 0 heterocycles. The summed E-state index contributed by atoms with van der Waals surface area (Å²) in [4.78, 5) is 41.5. The minimum Gasteiger partial charge on any atom is -0.481 e. The molecule has 0 fully saturated rings. The van der Waals surface area contributed by atoms with E-state index in [-0.39, 0.29) is 56.2 Å².